The molecular weight excluding hydrogens is 506 g/mol. The first-order valence-corrected chi connectivity index (χ1v) is 13.1. The van der Waals surface area contributed by atoms with Gasteiger partial charge in [0, 0.05) is 24.1 Å². The van der Waals surface area contributed by atoms with Gasteiger partial charge >= 0.3 is 23.9 Å². The molecule has 0 unspecified atom stereocenters. The molecule has 0 heterocycles. The quantitative estimate of drug-likeness (QED) is 0.191. The third-order valence-electron chi connectivity index (χ3n) is 6.59. The molecule has 0 atom stereocenters. The zero-order valence-electron chi connectivity index (χ0n) is 23.2. The van der Waals surface area contributed by atoms with Gasteiger partial charge in [0.2, 0.25) is 0 Å². The van der Waals surface area contributed by atoms with Crippen LogP contribution in [0, 0.1) is 10.8 Å². The third kappa shape index (κ3) is 5.89. The van der Waals surface area contributed by atoms with Crippen molar-refractivity contribution in [1.29, 1.82) is 0 Å². The molecule has 0 bridgehead atoms. The van der Waals surface area contributed by atoms with Crippen LogP contribution in [0.3, 0.4) is 0 Å². The molecule has 0 aromatic heterocycles. The van der Waals surface area contributed by atoms with Crippen LogP contribution in [-0.2, 0) is 42.9 Å². The molecule has 1 N–H and O–H groups in total. The zero-order valence-corrected chi connectivity index (χ0v) is 23.2. The minimum atomic E-state index is -2.54. The average Bonchev–Trinajstić information content (AvgIpc) is 2.90. The van der Waals surface area contributed by atoms with E-state index in [1.807, 2.05) is 0 Å². The van der Waals surface area contributed by atoms with Crippen LogP contribution < -0.4 is 5.32 Å². The molecule has 212 valence electrons. The van der Waals surface area contributed by atoms with E-state index in [2.05, 4.69) is 11.9 Å². The van der Waals surface area contributed by atoms with Gasteiger partial charge in [0.1, 0.15) is 0 Å². The monoisotopic (exact) mass is 543 g/mol. The Balaban J connectivity index is 2.91. The highest BCUT2D eigenvalue weighted by Crippen LogP contribution is 2.58. The Morgan fingerprint density at radius 3 is 1.51 bits per heavy atom. The van der Waals surface area contributed by atoms with Gasteiger partial charge in [-0.15, -0.1) is 0 Å². The van der Waals surface area contributed by atoms with Crippen LogP contribution in [0.2, 0.25) is 0 Å². The van der Waals surface area contributed by atoms with Crippen LogP contribution in [0.15, 0.2) is 53.6 Å². The molecule has 1 saturated carbocycles. The molecule has 0 aliphatic heterocycles. The number of esters is 4. The summed E-state index contributed by atoms with van der Waals surface area (Å²) in [6.45, 7) is 11.3. The molecule has 1 amide bonds. The minimum absolute atomic E-state index is 0.142. The maximum absolute atomic E-state index is 13.8. The number of nitrogens with one attached hydrogen (secondary N) is 1. The van der Waals surface area contributed by atoms with Gasteiger partial charge in [-0.3, -0.25) is 24.0 Å². The minimum Gasteiger partial charge on any atom is -0.465 e. The smallest absolute Gasteiger partial charge is 0.325 e. The average molecular weight is 544 g/mol. The summed E-state index contributed by atoms with van der Waals surface area (Å²) in [5, 5.41) is 2.80. The molecule has 0 radical (unpaired) electrons. The number of carbonyl (C=O) groups excluding carboxylic acids is 5. The fourth-order valence-corrected chi connectivity index (χ4v) is 4.85. The van der Waals surface area contributed by atoms with E-state index >= 15 is 0 Å². The number of benzene rings is 1. The number of rotatable bonds is 11. The molecule has 1 aliphatic rings. The maximum Gasteiger partial charge on any atom is 0.325 e. The van der Waals surface area contributed by atoms with E-state index in [0.717, 1.165) is 0 Å². The molecule has 0 spiro atoms. The first-order chi connectivity index (χ1) is 18.6. The normalized spacial score (nSPS) is 16.9. The van der Waals surface area contributed by atoms with Crippen LogP contribution in [0.4, 0.5) is 5.69 Å². The fourth-order valence-electron chi connectivity index (χ4n) is 4.85. The van der Waals surface area contributed by atoms with Gasteiger partial charge in [-0.2, -0.15) is 0 Å². The number of allylic oxidation sites excluding steroid dienone is 2. The number of anilines is 1. The van der Waals surface area contributed by atoms with E-state index in [1.165, 1.54) is 27.7 Å². The molecule has 10 nitrogen and oxygen atoms in total. The predicted octanol–water partition coefficient (Wildman–Crippen LogP) is 3.91. The molecule has 39 heavy (non-hydrogen) atoms. The van der Waals surface area contributed by atoms with Gasteiger partial charge in [-0.05, 0) is 57.4 Å². The Morgan fingerprint density at radius 2 is 1.13 bits per heavy atom. The van der Waals surface area contributed by atoms with E-state index in [4.69, 9.17) is 18.9 Å². The molecule has 1 aromatic rings. The largest absolute Gasteiger partial charge is 0.465 e. The van der Waals surface area contributed by atoms with Crippen molar-refractivity contribution in [3.8, 4) is 0 Å². The summed E-state index contributed by atoms with van der Waals surface area (Å²) in [6.07, 6.45) is -0.896. The molecule has 10 heteroatoms. The first kappa shape index (κ1) is 31.3. The van der Waals surface area contributed by atoms with E-state index in [0.29, 0.717) is 5.69 Å². The van der Waals surface area contributed by atoms with Crippen molar-refractivity contribution in [3.63, 3.8) is 0 Å². The first-order valence-electron chi connectivity index (χ1n) is 13.1. The van der Waals surface area contributed by atoms with E-state index < -0.39 is 53.5 Å². The van der Waals surface area contributed by atoms with Gasteiger partial charge in [-0.25, -0.2) is 0 Å². The summed E-state index contributed by atoms with van der Waals surface area (Å²) in [4.78, 5) is 68.3. The molecule has 2 rings (SSSR count). The molecular formula is C29H37NO9. The van der Waals surface area contributed by atoms with Crippen molar-refractivity contribution in [1.82, 2.24) is 0 Å². The summed E-state index contributed by atoms with van der Waals surface area (Å²) < 4.78 is 21.2. The van der Waals surface area contributed by atoms with Crippen LogP contribution in [0.25, 0.3) is 0 Å². The van der Waals surface area contributed by atoms with Crippen LogP contribution in [-0.4, -0.2) is 56.2 Å². The molecule has 1 aliphatic carbocycles. The zero-order chi connectivity index (χ0) is 29.2. The molecule has 1 fully saturated rings. The van der Waals surface area contributed by atoms with Crippen molar-refractivity contribution in [3.05, 3.63) is 53.6 Å². The van der Waals surface area contributed by atoms with Crippen molar-refractivity contribution in [2.75, 3.05) is 31.7 Å². The van der Waals surface area contributed by atoms with Crippen molar-refractivity contribution < 1.29 is 42.9 Å². The maximum atomic E-state index is 13.8. The standard InChI is InChI=1S/C29H37NO9/c1-7-21(23(31)30-20-15-13-12-14-16-20)22-18-29(26(34)38-10-4,27(35)39-11-5)28(17-19(22)6,24(32)36-8-2)25(33)37-9-3/h12-16H,6-11,17-18H2,1-5H3,(H,30,31)/b22-21-. The Kier molecular flexibility index (Phi) is 11.0. The van der Waals surface area contributed by atoms with E-state index in [-0.39, 0.29) is 49.6 Å². The van der Waals surface area contributed by atoms with Crippen molar-refractivity contribution >= 4 is 35.5 Å². The Bertz CT molecular complexity index is 1100. The molecule has 1 aromatic carbocycles. The lowest BCUT2D eigenvalue weighted by Crippen LogP contribution is -2.65. The fraction of sp³-hybridized carbons (Fsp3) is 0.483. The number of hydrogen-bond donors (Lipinski definition) is 1. The predicted molar refractivity (Wildman–Crippen MR) is 142 cm³/mol. The Hall–Kier alpha value is -3.95. The summed E-state index contributed by atoms with van der Waals surface area (Å²) in [7, 11) is 0. The second-order valence-corrected chi connectivity index (χ2v) is 8.78. The van der Waals surface area contributed by atoms with E-state index in [9.17, 15) is 24.0 Å². The topological polar surface area (TPSA) is 134 Å². The number of carbonyl (C=O) groups is 5. The molecule has 0 saturated heterocycles. The summed E-state index contributed by atoms with van der Waals surface area (Å²) in [5.41, 5.74) is -3.82. The highest BCUT2D eigenvalue weighted by atomic mass is 16.6. The Labute approximate surface area is 228 Å². The lowest BCUT2D eigenvalue weighted by atomic mass is 9.52. The van der Waals surface area contributed by atoms with Gasteiger partial charge in [-0.1, -0.05) is 31.7 Å². The summed E-state index contributed by atoms with van der Waals surface area (Å²) in [6, 6.07) is 8.73. The van der Waals surface area contributed by atoms with Crippen molar-refractivity contribution in [2.24, 2.45) is 10.8 Å². The Morgan fingerprint density at radius 1 is 0.718 bits per heavy atom. The van der Waals surface area contributed by atoms with E-state index in [1.54, 1.807) is 37.3 Å². The van der Waals surface area contributed by atoms with Crippen LogP contribution in [0.5, 0.6) is 0 Å². The third-order valence-corrected chi connectivity index (χ3v) is 6.59. The van der Waals surface area contributed by atoms with Crippen molar-refractivity contribution in [2.45, 2.75) is 53.9 Å². The van der Waals surface area contributed by atoms with Crippen LogP contribution >= 0.6 is 0 Å². The van der Waals surface area contributed by atoms with Gasteiger partial charge < -0.3 is 24.3 Å². The second-order valence-electron chi connectivity index (χ2n) is 8.78. The SMILES string of the molecule is C=C1CC(C(=O)OCC)(C(=O)OCC)C(C(=O)OCC)(C(=O)OCC)C/C1=C(\CC)C(=O)Nc1ccccc1. The lowest BCUT2D eigenvalue weighted by molar-refractivity contribution is -0.204. The van der Waals surface area contributed by atoms with Gasteiger partial charge in [0.25, 0.3) is 5.91 Å². The summed E-state index contributed by atoms with van der Waals surface area (Å²) in [5.74, 6) is -5.09. The number of hydrogen-bond acceptors (Lipinski definition) is 9. The lowest BCUT2D eigenvalue weighted by Gasteiger charge is -2.47. The van der Waals surface area contributed by atoms with Gasteiger partial charge in [0.15, 0.2) is 10.8 Å². The van der Waals surface area contributed by atoms with Crippen LogP contribution in [0.1, 0.15) is 53.9 Å². The number of para-hydroxylation sites is 1. The highest BCUT2D eigenvalue weighted by Gasteiger charge is 2.75. The highest BCUT2D eigenvalue weighted by molar-refractivity contribution is 6.16. The number of amides is 1. The second kappa shape index (κ2) is 13.7. The van der Waals surface area contributed by atoms with Gasteiger partial charge in [0.05, 0.1) is 26.4 Å². The number of ether oxygens (including phenoxy) is 4. The summed E-state index contributed by atoms with van der Waals surface area (Å²) >= 11 is 0.